The van der Waals surface area contributed by atoms with Crippen molar-refractivity contribution in [3.05, 3.63) is 71.6 Å². The minimum Gasteiger partial charge on any atom is -0.223 e. The molecule has 0 saturated heterocycles. The van der Waals surface area contributed by atoms with Crippen LogP contribution < -0.4 is 0 Å². The molecule has 22 heavy (non-hydrogen) atoms. The Morgan fingerprint density at radius 3 is 1.95 bits per heavy atom. The van der Waals surface area contributed by atoms with Crippen molar-refractivity contribution < 1.29 is 16.8 Å². The molecule has 2 aromatic carbocycles. The summed E-state index contributed by atoms with van der Waals surface area (Å²) in [7, 11) is -7.61. The Kier molecular flexibility index (Phi) is 4.53. The molecule has 0 atom stereocenters. The van der Waals surface area contributed by atoms with Crippen LogP contribution in [0.4, 0.5) is 0 Å². The number of aryl methyl sites for hydroxylation is 1. The molecule has 116 valence electrons. The smallest absolute Gasteiger partial charge is 0.203 e. The number of hydrogen-bond acceptors (Lipinski definition) is 4. The van der Waals surface area contributed by atoms with Gasteiger partial charge in [-0.15, -0.1) is 0 Å². The molecule has 0 unspecified atom stereocenters. The first kappa shape index (κ1) is 16.5. The summed E-state index contributed by atoms with van der Waals surface area (Å²) in [4.78, 5) is -0.207. The van der Waals surface area contributed by atoms with E-state index in [1.165, 1.54) is 24.3 Å². The molecule has 0 aliphatic carbocycles. The van der Waals surface area contributed by atoms with Gasteiger partial charge >= 0.3 is 0 Å². The number of hydrogen-bond donors (Lipinski definition) is 0. The summed E-state index contributed by atoms with van der Waals surface area (Å²) in [6, 6.07) is 13.9. The van der Waals surface area contributed by atoms with E-state index in [1.807, 2.05) is 6.92 Å². The van der Waals surface area contributed by atoms with Crippen LogP contribution in [0, 0.1) is 6.92 Å². The van der Waals surface area contributed by atoms with E-state index in [4.69, 9.17) is 0 Å². The van der Waals surface area contributed by atoms with Crippen molar-refractivity contribution in [2.24, 2.45) is 0 Å². The van der Waals surface area contributed by atoms with Crippen LogP contribution in [0.1, 0.15) is 5.56 Å². The monoisotopic (exact) mass is 336 g/mol. The van der Waals surface area contributed by atoms with Crippen molar-refractivity contribution >= 4 is 19.7 Å². The van der Waals surface area contributed by atoms with Gasteiger partial charge in [0.15, 0.2) is 9.84 Å². The first-order valence-electron chi connectivity index (χ1n) is 6.51. The van der Waals surface area contributed by atoms with Gasteiger partial charge < -0.3 is 0 Å². The van der Waals surface area contributed by atoms with E-state index in [2.05, 4.69) is 6.58 Å². The van der Waals surface area contributed by atoms with Crippen molar-refractivity contribution in [3.8, 4) is 0 Å². The van der Waals surface area contributed by atoms with E-state index in [0.717, 1.165) is 5.56 Å². The summed E-state index contributed by atoms with van der Waals surface area (Å²) in [6.45, 7) is 5.31. The Hall–Kier alpha value is -1.92. The Morgan fingerprint density at radius 1 is 0.864 bits per heavy atom. The summed E-state index contributed by atoms with van der Waals surface area (Å²) in [6.07, 6.45) is 0. The second-order valence-corrected chi connectivity index (χ2v) is 8.97. The maximum absolute atomic E-state index is 12.4. The fraction of sp³-hybridized carbons (Fsp3) is 0.125. The van der Waals surface area contributed by atoms with E-state index >= 15 is 0 Å². The average molecular weight is 336 g/mol. The van der Waals surface area contributed by atoms with Crippen molar-refractivity contribution in [3.63, 3.8) is 0 Å². The largest absolute Gasteiger partial charge is 0.223 e. The Bertz CT molecular complexity index is 879. The highest BCUT2D eigenvalue weighted by Crippen LogP contribution is 2.22. The molecular formula is C16H16O4S2. The van der Waals surface area contributed by atoms with Crippen LogP contribution in [0.5, 0.6) is 0 Å². The maximum Gasteiger partial charge on any atom is 0.203 e. The van der Waals surface area contributed by atoms with Crippen LogP contribution in [0.3, 0.4) is 0 Å². The lowest BCUT2D eigenvalue weighted by molar-refractivity contribution is 0.592. The fourth-order valence-corrected chi connectivity index (χ4v) is 4.96. The fourth-order valence-electron chi connectivity index (χ4n) is 1.88. The van der Waals surface area contributed by atoms with Gasteiger partial charge in [0.1, 0.15) is 0 Å². The van der Waals surface area contributed by atoms with Crippen LogP contribution >= 0.6 is 0 Å². The van der Waals surface area contributed by atoms with Gasteiger partial charge in [0.2, 0.25) is 9.84 Å². The minimum absolute atomic E-state index is 0.0476. The third kappa shape index (κ3) is 3.45. The molecule has 0 aromatic heterocycles. The first-order valence-corrected chi connectivity index (χ1v) is 9.64. The van der Waals surface area contributed by atoms with Gasteiger partial charge in [-0.25, -0.2) is 16.8 Å². The third-order valence-electron chi connectivity index (χ3n) is 3.16. The maximum atomic E-state index is 12.4. The molecular weight excluding hydrogens is 320 g/mol. The van der Waals surface area contributed by atoms with E-state index in [-0.39, 0.29) is 14.7 Å². The zero-order valence-corrected chi connectivity index (χ0v) is 13.7. The number of benzene rings is 2. The van der Waals surface area contributed by atoms with Gasteiger partial charge in [-0.05, 0) is 31.2 Å². The molecule has 0 aliphatic heterocycles. The molecule has 2 rings (SSSR count). The highest BCUT2D eigenvalue weighted by molar-refractivity contribution is 7.98. The molecule has 0 fully saturated rings. The predicted molar refractivity (Wildman–Crippen MR) is 86.0 cm³/mol. The lowest BCUT2D eigenvalue weighted by Crippen LogP contribution is -2.15. The summed E-state index contributed by atoms with van der Waals surface area (Å²) >= 11 is 0. The molecule has 4 nitrogen and oxygen atoms in total. The van der Waals surface area contributed by atoms with E-state index in [1.54, 1.807) is 30.3 Å². The summed E-state index contributed by atoms with van der Waals surface area (Å²) in [5, 5.41) is 0. The van der Waals surface area contributed by atoms with Crippen LogP contribution in [0.15, 0.2) is 75.9 Å². The van der Waals surface area contributed by atoms with Crippen LogP contribution in [-0.4, -0.2) is 22.6 Å². The summed E-state index contributed by atoms with van der Waals surface area (Å²) in [5.41, 5.74) is 0.918. The van der Waals surface area contributed by atoms with E-state index in [9.17, 15) is 16.8 Å². The van der Waals surface area contributed by atoms with Gasteiger partial charge in [-0.3, -0.25) is 0 Å². The summed E-state index contributed by atoms with van der Waals surface area (Å²) in [5.74, 6) is -0.632. The Labute approximate surface area is 131 Å². The average Bonchev–Trinajstić information content (AvgIpc) is 2.48. The van der Waals surface area contributed by atoms with Gasteiger partial charge in [0.05, 0.1) is 20.4 Å². The molecule has 2 aromatic rings. The van der Waals surface area contributed by atoms with Gasteiger partial charge in [-0.2, -0.15) is 0 Å². The zero-order valence-electron chi connectivity index (χ0n) is 12.1. The van der Waals surface area contributed by atoms with Crippen LogP contribution in [0.25, 0.3) is 0 Å². The second kappa shape index (κ2) is 6.06. The number of rotatable bonds is 5. The molecule has 6 heteroatoms. The topological polar surface area (TPSA) is 68.3 Å². The lowest BCUT2D eigenvalue weighted by atomic mass is 10.2. The van der Waals surface area contributed by atoms with Gasteiger partial charge in [0.25, 0.3) is 0 Å². The quantitative estimate of drug-likeness (QED) is 0.842. The van der Waals surface area contributed by atoms with E-state index < -0.39 is 25.4 Å². The zero-order chi connectivity index (χ0) is 16.4. The van der Waals surface area contributed by atoms with Gasteiger partial charge in [0, 0.05) is 0 Å². The molecule has 0 spiro atoms. The minimum atomic E-state index is -3.87. The highest BCUT2D eigenvalue weighted by atomic mass is 32.2. The molecule has 0 N–H and O–H groups in total. The predicted octanol–water partition coefficient (Wildman–Crippen LogP) is 2.76. The SMILES string of the molecule is C=C(CS(=O)(=O)c1ccccc1)S(=O)(=O)c1ccc(C)cc1. The normalized spacial score (nSPS) is 12.0. The van der Waals surface area contributed by atoms with Crippen molar-refractivity contribution in [1.82, 2.24) is 0 Å². The lowest BCUT2D eigenvalue weighted by Gasteiger charge is -2.09. The molecule has 0 bridgehead atoms. The van der Waals surface area contributed by atoms with Crippen LogP contribution in [0.2, 0.25) is 0 Å². The molecule has 0 heterocycles. The Morgan fingerprint density at radius 2 is 1.41 bits per heavy atom. The molecule has 0 saturated carbocycles. The van der Waals surface area contributed by atoms with Crippen molar-refractivity contribution in [2.75, 3.05) is 5.75 Å². The number of sulfone groups is 2. The Balaban J connectivity index is 2.31. The highest BCUT2D eigenvalue weighted by Gasteiger charge is 2.25. The third-order valence-corrected chi connectivity index (χ3v) is 6.86. The van der Waals surface area contributed by atoms with Gasteiger partial charge in [-0.1, -0.05) is 42.5 Å². The summed E-state index contributed by atoms with van der Waals surface area (Å²) < 4.78 is 49.3. The van der Waals surface area contributed by atoms with Crippen molar-refractivity contribution in [1.29, 1.82) is 0 Å². The van der Waals surface area contributed by atoms with E-state index in [0.29, 0.717) is 0 Å². The standard InChI is InChI=1S/C16H16O4S2/c1-13-8-10-16(11-9-13)22(19,20)14(2)12-21(17,18)15-6-4-3-5-7-15/h3-11H,2,12H2,1H3. The second-order valence-electron chi connectivity index (χ2n) is 4.93. The first-order chi connectivity index (χ1) is 10.2. The molecule has 0 aliphatic rings. The molecule has 0 radical (unpaired) electrons. The van der Waals surface area contributed by atoms with Crippen LogP contribution in [-0.2, 0) is 19.7 Å². The van der Waals surface area contributed by atoms with Crippen molar-refractivity contribution in [2.45, 2.75) is 16.7 Å². The molecule has 0 amide bonds.